The number of aliphatic hydroxyl groups excluding tert-OH is 1. The maximum absolute atomic E-state index is 11.5. The molecule has 2 fully saturated rings. The van der Waals surface area contributed by atoms with Crippen LogP contribution in [0.2, 0.25) is 0 Å². The highest BCUT2D eigenvalue weighted by Gasteiger charge is 2.45. The summed E-state index contributed by atoms with van der Waals surface area (Å²) in [5.74, 6) is 11.5. The lowest BCUT2D eigenvalue weighted by Crippen LogP contribution is -2.24. The zero-order valence-electron chi connectivity index (χ0n) is 18.0. The van der Waals surface area contributed by atoms with E-state index in [9.17, 15) is 14.7 Å². The first-order valence-electron chi connectivity index (χ1n) is 10.6. The van der Waals surface area contributed by atoms with E-state index in [1.807, 2.05) is 19.9 Å². The van der Waals surface area contributed by atoms with Crippen LogP contribution in [0.1, 0.15) is 52.9 Å². The minimum atomic E-state index is -0.979. The first kappa shape index (κ1) is 24.0. The van der Waals surface area contributed by atoms with E-state index in [0.29, 0.717) is 18.8 Å². The van der Waals surface area contributed by atoms with Gasteiger partial charge in [0.05, 0.1) is 12.7 Å². The number of carboxylic acid groups (broad SMARTS) is 1. The fraction of sp³-hybridized carbons (Fsp3) is 0.667. The third-order valence-electron chi connectivity index (χ3n) is 5.69. The number of carboxylic acids is 1. The Balaban J connectivity index is 2.03. The van der Waals surface area contributed by atoms with Crippen LogP contribution in [0.3, 0.4) is 0 Å². The minimum Gasteiger partial charge on any atom is -0.480 e. The van der Waals surface area contributed by atoms with Crippen LogP contribution in [0.5, 0.6) is 0 Å². The number of ether oxygens (including phenoxy) is 2. The van der Waals surface area contributed by atoms with E-state index < -0.39 is 18.2 Å². The predicted molar refractivity (Wildman–Crippen MR) is 112 cm³/mol. The lowest BCUT2D eigenvalue weighted by molar-refractivity contribution is -0.145. The van der Waals surface area contributed by atoms with E-state index in [2.05, 4.69) is 23.7 Å². The molecular weight excluding hydrogens is 384 g/mol. The quantitative estimate of drug-likeness (QED) is 0.287. The second-order valence-electron chi connectivity index (χ2n) is 8.14. The molecule has 6 atom stereocenters. The van der Waals surface area contributed by atoms with Gasteiger partial charge < -0.3 is 19.7 Å². The van der Waals surface area contributed by atoms with Crippen molar-refractivity contribution in [3.63, 3.8) is 0 Å². The van der Waals surface area contributed by atoms with Crippen molar-refractivity contribution in [1.82, 2.24) is 0 Å². The van der Waals surface area contributed by atoms with Gasteiger partial charge in [0.2, 0.25) is 0 Å². The fourth-order valence-electron chi connectivity index (χ4n) is 4.26. The average molecular weight is 417 g/mol. The maximum atomic E-state index is 11.5. The molecule has 6 unspecified atom stereocenters. The van der Waals surface area contributed by atoms with Crippen molar-refractivity contribution in [2.75, 3.05) is 13.2 Å². The molecule has 0 aromatic rings. The molecule has 6 heteroatoms. The monoisotopic (exact) mass is 416 g/mol. The van der Waals surface area contributed by atoms with Crippen LogP contribution in [0.25, 0.3) is 0 Å². The van der Waals surface area contributed by atoms with Crippen LogP contribution in [0.15, 0.2) is 11.6 Å². The second-order valence-corrected chi connectivity index (χ2v) is 8.14. The van der Waals surface area contributed by atoms with Gasteiger partial charge in [0.15, 0.2) is 6.10 Å². The Hall–Kier alpha value is -2.28. The molecule has 0 bridgehead atoms. The standard InChI is InChI=1S/C24H32O6/c1-4-5-6-7-16(2)23(30-17(3)25)9-8-20-21-13-18(10-11-29-15-24(27)28)12-19(21)14-22(20)26/h10,16,19-23,26H,4,7,11-15H2,1-3H3,(H,27,28). The Labute approximate surface area is 179 Å². The van der Waals surface area contributed by atoms with Crippen molar-refractivity contribution in [3.05, 3.63) is 11.6 Å². The normalized spacial score (nSPS) is 27.9. The molecule has 30 heavy (non-hydrogen) atoms. The highest BCUT2D eigenvalue weighted by molar-refractivity contribution is 5.68. The number of hydrogen-bond donors (Lipinski definition) is 2. The van der Waals surface area contributed by atoms with Gasteiger partial charge in [-0.25, -0.2) is 4.79 Å². The van der Waals surface area contributed by atoms with Crippen molar-refractivity contribution < 1.29 is 29.3 Å². The van der Waals surface area contributed by atoms with E-state index in [0.717, 1.165) is 19.3 Å². The Bertz CT molecular complexity index is 762. The molecule has 6 nitrogen and oxygen atoms in total. The first-order valence-corrected chi connectivity index (χ1v) is 10.6. The molecule has 0 heterocycles. The minimum absolute atomic E-state index is 0.0137. The zero-order valence-corrected chi connectivity index (χ0v) is 18.0. The van der Waals surface area contributed by atoms with Crippen LogP contribution in [-0.4, -0.2) is 47.6 Å². The molecule has 2 N–H and O–H groups in total. The molecule has 0 aliphatic heterocycles. The molecule has 0 radical (unpaired) electrons. The summed E-state index contributed by atoms with van der Waals surface area (Å²) in [6.07, 6.45) is 4.72. The average Bonchev–Trinajstić information content (AvgIpc) is 3.18. The molecule has 2 aliphatic rings. The van der Waals surface area contributed by atoms with E-state index in [4.69, 9.17) is 14.6 Å². The van der Waals surface area contributed by atoms with Gasteiger partial charge in [0, 0.05) is 31.6 Å². The molecule has 0 saturated heterocycles. The number of carbonyl (C=O) groups is 2. The summed E-state index contributed by atoms with van der Waals surface area (Å²) >= 11 is 0. The van der Waals surface area contributed by atoms with Gasteiger partial charge in [0.25, 0.3) is 0 Å². The van der Waals surface area contributed by atoms with E-state index >= 15 is 0 Å². The number of allylic oxidation sites excluding steroid dienone is 1. The van der Waals surface area contributed by atoms with Crippen LogP contribution < -0.4 is 0 Å². The number of carbonyl (C=O) groups excluding carboxylic acids is 1. The Morgan fingerprint density at radius 2 is 2.07 bits per heavy atom. The summed E-state index contributed by atoms with van der Waals surface area (Å²) in [4.78, 5) is 22.0. The van der Waals surface area contributed by atoms with Gasteiger partial charge in [-0.1, -0.05) is 37.3 Å². The highest BCUT2D eigenvalue weighted by Crippen LogP contribution is 2.49. The van der Waals surface area contributed by atoms with E-state index in [1.54, 1.807) is 0 Å². The van der Waals surface area contributed by atoms with E-state index in [-0.39, 0.29) is 36.9 Å². The number of esters is 1. The van der Waals surface area contributed by atoms with Crippen LogP contribution in [-0.2, 0) is 19.1 Å². The molecular formula is C24H32O6. The topological polar surface area (TPSA) is 93.1 Å². The molecule has 0 aromatic carbocycles. The fourth-order valence-corrected chi connectivity index (χ4v) is 4.26. The summed E-state index contributed by atoms with van der Waals surface area (Å²) in [5, 5.41) is 19.2. The Morgan fingerprint density at radius 3 is 2.73 bits per heavy atom. The first-order chi connectivity index (χ1) is 14.3. The smallest absolute Gasteiger partial charge is 0.329 e. The van der Waals surface area contributed by atoms with Gasteiger partial charge in [-0.2, -0.15) is 0 Å². The Kier molecular flexibility index (Phi) is 9.43. The largest absolute Gasteiger partial charge is 0.480 e. The van der Waals surface area contributed by atoms with Gasteiger partial charge in [0.1, 0.15) is 6.61 Å². The van der Waals surface area contributed by atoms with Gasteiger partial charge in [-0.15, -0.1) is 11.8 Å². The molecule has 2 rings (SSSR count). The number of rotatable bonds is 7. The highest BCUT2D eigenvalue weighted by atomic mass is 16.5. The van der Waals surface area contributed by atoms with Crippen LogP contribution >= 0.6 is 0 Å². The SMILES string of the molecule is CCC#CCC(C)C(C#CC1C(O)CC2CC(=CCOCC(=O)O)CC21)OC(C)=O. The van der Waals surface area contributed by atoms with Crippen LogP contribution in [0, 0.1) is 47.4 Å². The van der Waals surface area contributed by atoms with E-state index in [1.165, 1.54) is 12.5 Å². The number of hydrogen-bond acceptors (Lipinski definition) is 5. The molecule has 0 aromatic heterocycles. The molecule has 164 valence electrons. The summed E-state index contributed by atoms with van der Waals surface area (Å²) in [7, 11) is 0. The van der Waals surface area contributed by atoms with Crippen molar-refractivity contribution >= 4 is 11.9 Å². The molecule has 2 aliphatic carbocycles. The zero-order chi connectivity index (χ0) is 22.1. The summed E-state index contributed by atoms with van der Waals surface area (Å²) in [5.41, 5.74) is 1.23. The van der Waals surface area contributed by atoms with Gasteiger partial charge in [-0.3, -0.25) is 4.79 Å². The van der Waals surface area contributed by atoms with Gasteiger partial charge in [-0.05, 0) is 31.1 Å². The van der Waals surface area contributed by atoms with Crippen molar-refractivity contribution in [2.24, 2.45) is 23.7 Å². The van der Waals surface area contributed by atoms with Crippen molar-refractivity contribution in [1.29, 1.82) is 0 Å². The summed E-state index contributed by atoms with van der Waals surface area (Å²) < 4.78 is 10.5. The summed E-state index contributed by atoms with van der Waals surface area (Å²) in [6.45, 7) is 5.31. The second kappa shape index (κ2) is 11.8. The number of aliphatic hydroxyl groups is 1. The van der Waals surface area contributed by atoms with Gasteiger partial charge >= 0.3 is 11.9 Å². The van der Waals surface area contributed by atoms with Crippen molar-refractivity contribution in [2.45, 2.75) is 65.1 Å². The van der Waals surface area contributed by atoms with Crippen molar-refractivity contribution in [3.8, 4) is 23.7 Å². The molecule has 2 saturated carbocycles. The maximum Gasteiger partial charge on any atom is 0.329 e. The summed E-state index contributed by atoms with van der Waals surface area (Å²) in [6, 6.07) is 0. The molecule has 0 spiro atoms. The number of fused-ring (bicyclic) bond motifs is 1. The number of aliphatic carboxylic acids is 1. The lowest BCUT2D eigenvalue weighted by Gasteiger charge is -2.19. The Morgan fingerprint density at radius 1 is 1.30 bits per heavy atom. The third-order valence-corrected chi connectivity index (χ3v) is 5.69. The third kappa shape index (κ3) is 7.20. The lowest BCUT2D eigenvalue weighted by atomic mass is 9.90. The molecule has 0 amide bonds. The predicted octanol–water partition coefficient (Wildman–Crippen LogP) is 2.80. The van der Waals surface area contributed by atoms with Crippen LogP contribution in [0.4, 0.5) is 0 Å².